The van der Waals surface area contributed by atoms with E-state index < -0.39 is 0 Å². The summed E-state index contributed by atoms with van der Waals surface area (Å²) in [5, 5.41) is 0. The van der Waals surface area contributed by atoms with Gasteiger partial charge in [0.05, 0.1) is 5.69 Å². The van der Waals surface area contributed by atoms with Crippen molar-refractivity contribution in [1.29, 1.82) is 0 Å². The van der Waals surface area contributed by atoms with E-state index in [-0.39, 0.29) is 5.56 Å². The van der Waals surface area contributed by atoms with E-state index in [0.717, 1.165) is 62.6 Å². The summed E-state index contributed by atoms with van der Waals surface area (Å²) in [6.07, 6.45) is 2.91. The van der Waals surface area contributed by atoms with Gasteiger partial charge in [0.1, 0.15) is 0 Å². The number of likely N-dealkylation sites (N-methyl/N-ethyl adjacent to an activating group) is 1. The Kier molecular flexibility index (Phi) is 2.63. The largest absolute Gasteiger partial charge is 0.340 e. The molecule has 5 nitrogen and oxygen atoms in total. The van der Waals surface area contributed by atoms with Crippen molar-refractivity contribution in [2.24, 2.45) is 0 Å². The number of rotatable bonds is 1. The molecule has 2 aliphatic rings. The lowest BCUT2D eigenvalue weighted by Crippen LogP contribution is -2.45. The van der Waals surface area contributed by atoms with E-state index >= 15 is 0 Å². The van der Waals surface area contributed by atoms with Crippen LogP contribution >= 0.6 is 0 Å². The molecule has 1 fully saturated rings. The number of aromatic nitrogens is 2. The summed E-state index contributed by atoms with van der Waals surface area (Å²) in [4.78, 5) is 23.9. The predicted octanol–water partition coefficient (Wildman–Crippen LogP) is 0.0104. The standard InChI is InChI=1S/C12H18N4O/c1-15-5-7-16(8-6-15)12-13-10-4-2-3-9(10)11(17)14-12/h2-8H2,1H3,(H,13,14,17). The van der Waals surface area contributed by atoms with E-state index in [1.807, 2.05) is 0 Å². The van der Waals surface area contributed by atoms with Crippen LogP contribution in [0.25, 0.3) is 0 Å². The summed E-state index contributed by atoms with van der Waals surface area (Å²) < 4.78 is 0. The van der Waals surface area contributed by atoms with Gasteiger partial charge in [-0.05, 0) is 26.3 Å². The maximum atomic E-state index is 11.9. The topological polar surface area (TPSA) is 52.2 Å². The molecule has 0 atom stereocenters. The third-order valence-corrected chi connectivity index (χ3v) is 3.73. The van der Waals surface area contributed by atoms with Crippen molar-refractivity contribution in [3.63, 3.8) is 0 Å². The highest BCUT2D eigenvalue weighted by Crippen LogP contribution is 2.18. The number of nitrogens with zero attached hydrogens (tertiary/aromatic N) is 3. The third kappa shape index (κ3) is 1.95. The van der Waals surface area contributed by atoms with Crippen LogP contribution in [0.1, 0.15) is 17.7 Å². The molecule has 0 amide bonds. The molecule has 0 aromatic carbocycles. The Balaban J connectivity index is 1.89. The van der Waals surface area contributed by atoms with Crippen LogP contribution in [0, 0.1) is 0 Å². The fraction of sp³-hybridized carbons (Fsp3) is 0.667. The molecule has 1 aliphatic carbocycles. The van der Waals surface area contributed by atoms with Crippen molar-refractivity contribution < 1.29 is 0 Å². The molecule has 3 rings (SSSR count). The fourth-order valence-corrected chi connectivity index (χ4v) is 2.60. The van der Waals surface area contributed by atoms with Crippen LogP contribution in [-0.2, 0) is 12.8 Å². The van der Waals surface area contributed by atoms with E-state index in [1.54, 1.807) is 0 Å². The number of anilines is 1. The second-order valence-corrected chi connectivity index (χ2v) is 4.96. The van der Waals surface area contributed by atoms with Crippen LogP contribution in [0.15, 0.2) is 4.79 Å². The van der Waals surface area contributed by atoms with Gasteiger partial charge in [0.2, 0.25) is 5.95 Å². The summed E-state index contributed by atoms with van der Waals surface area (Å²) in [6, 6.07) is 0. The maximum absolute atomic E-state index is 11.9. The molecule has 92 valence electrons. The summed E-state index contributed by atoms with van der Waals surface area (Å²) in [5.41, 5.74) is 1.99. The van der Waals surface area contributed by atoms with Gasteiger partial charge in [-0.3, -0.25) is 9.78 Å². The normalized spacial score (nSPS) is 20.6. The molecule has 1 aromatic rings. The Bertz CT molecular complexity index is 474. The van der Waals surface area contributed by atoms with E-state index in [9.17, 15) is 4.79 Å². The number of hydrogen-bond acceptors (Lipinski definition) is 4. The van der Waals surface area contributed by atoms with Crippen LogP contribution in [0.2, 0.25) is 0 Å². The van der Waals surface area contributed by atoms with Crippen LogP contribution < -0.4 is 10.5 Å². The molecule has 0 bridgehead atoms. The highest BCUT2D eigenvalue weighted by atomic mass is 16.1. The molecule has 0 saturated carbocycles. The molecule has 1 N–H and O–H groups in total. The summed E-state index contributed by atoms with van der Waals surface area (Å²) in [5.74, 6) is 0.767. The first-order valence-corrected chi connectivity index (χ1v) is 6.29. The molecule has 2 heterocycles. The second kappa shape index (κ2) is 4.14. The molecule has 0 radical (unpaired) electrons. The van der Waals surface area contributed by atoms with Crippen LogP contribution in [0.4, 0.5) is 5.95 Å². The van der Waals surface area contributed by atoms with Crippen LogP contribution in [-0.4, -0.2) is 48.1 Å². The zero-order chi connectivity index (χ0) is 11.8. The molecular weight excluding hydrogens is 216 g/mol. The van der Waals surface area contributed by atoms with Gasteiger partial charge in [-0.2, -0.15) is 0 Å². The number of nitrogens with one attached hydrogen (secondary N) is 1. The van der Waals surface area contributed by atoms with E-state index in [2.05, 4.69) is 26.8 Å². The Hall–Kier alpha value is -1.36. The average molecular weight is 234 g/mol. The van der Waals surface area contributed by atoms with Crippen molar-refractivity contribution >= 4 is 5.95 Å². The van der Waals surface area contributed by atoms with Gasteiger partial charge in [0.15, 0.2) is 0 Å². The zero-order valence-electron chi connectivity index (χ0n) is 10.2. The molecule has 5 heteroatoms. The Morgan fingerprint density at radius 2 is 1.94 bits per heavy atom. The van der Waals surface area contributed by atoms with Crippen molar-refractivity contribution in [2.45, 2.75) is 19.3 Å². The van der Waals surface area contributed by atoms with Crippen molar-refractivity contribution in [3.05, 3.63) is 21.6 Å². The van der Waals surface area contributed by atoms with Crippen molar-refractivity contribution in [1.82, 2.24) is 14.9 Å². The summed E-state index contributed by atoms with van der Waals surface area (Å²) >= 11 is 0. The molecule has 0 spiro atoms. The molecular formula is C12H18N4O. The SMILES string of the molecule is CN1CCN(c2nc3c(c(=O)[nH]2)CCC3)CC1. The Morgan fingerprint density at radius 3 is 2.71 bits per heavy atom. The van der Waals surface area contributed by atoms with Crippen molar-refractivity contribution in [2.75, 3.05) is 38.1 Å². The number of fused-ring (bicyclic) bond motifs is 1. The predicted molar refractivity (Wildman–Crippen MR) is 66.6 cm³/mol. The minimum Gasteiger partial charge on any atom is -0.340 e. The zero-order valence-corrected chi connectivity index (χ0v) is 10.2. The number of H-pyrrole nitrogens is 1. The number of aromatic amines is 1. The van der Waals surface area contributed by atoms with E-state index in [4.69, 9.17) is 0 Å². The van der Waals surface area contributed by atoms with Crippen molar-refractivity contribution in [3.8, 4) is 0 Å². The minimum atomic E-state index is 0.0708. The van der Waals surface area contributed by atoms with Gasteiger partial charge in [0, 0.05) is 31.7 Å². The maximum Gasteiger partial charge on any atom is 0.255 e. The van der Waals surface area contributed by atoms with E-state index in [1.165, 1.54) is 0 Å². The smallest absolute Gasteiger partial charge is 0.255 e. The second-order valence-electron chi connectivity index (χ2n) is 4.96. The number of aryl methyl sites for hydroxylation is 1. The monoisotopic (exact) mass is 234 g/mol. The lowest BCUT2D eigenvalue weighted by Gasteiger charge is -2.32. The van der Waals surface area contributed by atoms with Gasteiger partial charge in [-0.25, -0.2) is 4.98 Å². The molecule has 17 heavy (non-hydrogen) atoms. The summed E-state index contributed by atoms with van der Waals surface area (Å²) in [6.45, 7) is 3.94. The molecule has 0 unspecified atom stereocenters. The van der Waals surface area contributed by atoms with Crippen LogP contribution in [0.3, 0.4) is 0 Å². The molecule has 1 saturated heterocycles. The summed E-state index contributed by atoms with van der Waals surface area (Å²) in [7, 11) is 2.12. The van der Waals surface area contributed by atoms with Gasteiger partial charge >= 0.3 is 0 Å². The third-order valence-electron chi connectivity index (χ3n) is 3.73. The van der Waals surface area contributed by atoms with E-state index in [0.29, 0.717) is 0 Å². The first-order chi connectivity index (χ1) is 8.24. The average Bonchev–Trinajstić information content (AvgIpc) is 2.78. The van der Waals surface area contributed by atoms with Gasteiger partial charge in [-0.1, -0.05) is 0 Å². The lowest BCUT2D eigenvalue weighted by atomic mass is 10.2. The minimum absolute atomic E-state index is 0.0708. The van der Waals surface area contributed by atoms with Gasteiger partial charge in [-0.15, -0.1) is 0 Å². The fourth-order valence-electron chi connectivity index (χ4n) is 2.60. The quantitative estimate of drug-likeness (QED) is 0.744. The number of piperazine rings is 1. The highest BCUT2D eigenvalue weighted by molar-refractivity contribution is 5.35. The van der Waals surface area contributed by atoms with Gasteiger partial charge in [0.25, 0.3) is 5.56 Å². The lowest BCUT2D eigenvalue weighted by molar-refractivity contribution is 0.311. The number of hydrogen-bond donors (Lipinski definition) is 1. The molecule has 1 aromatic heterocycles. The Labute approximate surface area is 100 Å². The Morgan fingerprint density at radius 1 is 1.18 bits per heavy atom. The molecule has 1 aliphatic heterocycles. The first-order valence-electron chi connectivity index (χ1n) is 6.29. The van der Waals surface area contributed by atoms with Gasteiger partial charge < -0.3 is 9.80 Å². The highest BCUT2D eigenvalue weighted by Gasteiger charge is 2.21. The van der Waals surface area contributed by atoms with Crippen LogP contribution in [0.5, 0.6) is 0 Å². The first kappa shape index (κ1) is 10.8.